The molecule has 6 heteroatoms. The van der Waals surface area contributed by atoms with Crippen molar-refractivity contribution in [2.45, 2.75) is 39.7 Å². The van der Waals surface area contributed by atoms with E-state index < -0.39 is 6.09 Å². The van der Waals surface area contributed by atoms with Crippen LogP contribution in [-0.4, -0.2) is 35.6 Å². The van der Waals surface area contributed by atoms with Crippen LogP contribution in [0.15, 0.2) is 30.5 Å². The molecule has 0 unspecified atom stereocenters. The number of thiazole rings is 1. The monoisotopic (exact) mass is 361 g/mol. The Kier molecular flexibility index (Phi) is 7.88. The number of primary amides is 1. The standard InChI is InChI=1S/C19H27N3O2S/c1-3-22(4-2)12-6-5-7-15-8-10-16(11-9-15)18-21-13-17(25-18)14-24-19(20)23/h8-11,13H,3-7,12,14H2,1-2H3,(H2,20,23). The second kappa shape index (κ2) is 10.2. The minimum absolute atomic E-state index is 0.178. The molecule has 2 N–H and O–H groups in total. The summed E-state index contributed by atoms with van der Waals surface area (Å²) in [6.45, 7) is 8.05. The van der Waals surface area contributed by atoms with Crippen molar-refractivity contribution >= 4 is 17.4 Å². The molecule has 0 aliphatic carbocycles. The van der Waals surface area contributed by atoms with Crippen LogP contribution in [0.25, 0.3) is 10.6 Å². The van der Waals surface area contributed by atoms with Crippen LogP contribution < -0.4 is 5.73 Å². The molecule has 0 radical (unpaired) electrons. The predicted octanol–water partition coefficient (Wildman–Crippen LogP) is 4.07. The Hall–Kier alpha value is -1.92. The van der Waals surface area contributed by atoms with Gasteiger partial charge < -0.3 is 15.4 Å². The number of ether oxygens (including phenoxy) is 1. The van der Waals surface area contributed by atoms with Crippen molar-refractivity contribution in [1.29, 1.82) is 0 Å². The summed E-state index contributed by atoms with van der Waals surface area (Å²) >= 11 is 1.51. The van der Waals surface area contributed by atoms with E-state index >= 15 is 0 Å². The lowest BCUT2D eigenvalue weighted by molar-refractivity contribution is 0.151. The molecule has 0 aliphatic rings. The highest BCUT2D eigenvalue weighted by Crippen LogP contribution is 2.26. The molecule has 0 saturated heterocycles. The Labute approximate surface area is 153 Å². The molecule has 1 heterocycles. The first-order valence-electron chi connectivity index (χ1n) is 8.81. The zero-order valence-electron chi connectivity index (χ0n) is 15.0. The molecule has 136 valence electrons. The molecule has 0 spiro atoms. The van der Waals surface area contributed by atoms with E-state index in [4.69, 9.17) is 10.5 Å². The topological polar surface area (TPSA) is 68.5 Å². The lowest BCUT2D eigenvalue weighted by Gasteiger charge is -2.17. The molecular weight excluding hydrogens is 334 g/mol. The van der Waals surface area contributed by atoms with Crippen LogP contribution in [0.5, 0.6) is 0 Å². The molecule has 0 atom stereocenters. The van der Waals surface area contributed by atoms with E-state index in [1.807, 2.05) is 0 Å². The third kappa shape index (κ3) is 6.48. The summed E-state index contributed by atoms with van der Waals surface area (Å²) in [6.07, 6.45) is 4.52. The largest absolute Gasteiger partial charge is 0.444 e. The number of amides is 1. The first kappa shape index (κ1) is 19.4. The Morgan fingerprint density at radius 2 is 1.92 bits per heavy atom. The van der Waals surface area contributed by atoms with E-state index in [1.54, 1.807) is 6.20 Å². The normalized spacial score (nSPS) is 11.0. The number of aromatic nitrogens is 1. The van der Waals surface area contributed by atoms with Gasteiger partial charge in [-0.15, -0.1) is 11.3 Å². The fourth-order valence-corrected chi connectivity index (χ4v) is 3.50. The molecular formula is C19H27N3O2S. The lowest BCUT2D eigenvalue weighted by Crippen LogP contribution is -2.23. The number of hydrogen-bond acceptors (Lipinski definition) is 5. The molecule has 5 nitrogen and oxygen atoms in total. The average molecular weight is 362 g/mol. The third-order valence-corrected chi connectivity index (χ3v) is 5.22. The van der Waals surface area contributed by atoms with Crippen molar-refractivity contribution in [3.63, 3.8) is 0 Å². The van der Waals surface area contributed by atoms with Gasteiger partial charge in [0.1, 0.15) is 11.6 Å². The Morgan fingerprint density at radius 1 is 1.20 bits per heavy atom. The van der Waals surface area contributed by atoms with Crippen LogP contribution in [0, 0.1) is 0 Å². The van der Waals surface area contributed by atoms with Crippen molar-refractivity contribution in [2.75, 3.05) is 19.6 Å². The highest BCUT2D eigenvalue weighted by molar-refractivity contribution is 7.15. The van der Waals surface area contributed by atoms with Crippen molar-refractivity contribution in [1.82, 2.24) is 9.88 Å². The summed E-state index contributed by atoms with van der Waals surface area (Å²) in [5.74, 6) is 0. The lowest BCUT2D eigenvalue weighted by atomic mass is 10.1. The van der Waals surface area contributed by atoms with E-state index in [-0.39, 0.29) is 6.61 Å². The number of carbonyl (C=O) groups excluding carboxylic acids is 1. The van der Waals surface area contributed by atoms with Gasteiger partial charge >= 0.3 is 6.09 Å². The number of nitrogens with two attached hydrogens (primary N) is 1. The van der Waals surface area contributed by atoms with Crippen LogP contribution in [0.2, 0.25) is 0 Å². The van der Waals surface area contributed by atoms with E-state index in [0.29, 0.717) is 0 Å². The summed E-state index contributed by atoms with van der Waals surface area (Å²) in [4.78, 5) is 18.4. The number of hydrogen-bond donors (Lipinski definition) is 1. The molecule has 0 saturated carbocycles. The van der Waals surface area contributed by atoms with Crippen molar-refractivity contribution in [2.24, 2.45) is 5.73 Å². The maximum atomic E-state index is 10.6. The van der Waals surface area contributed by atoms with Gasteiger partial charge in [0.15, 0.2) is 0 Å². The van der Waals surface area contributed by atoms with Crippen molar-refractivity contribution in [3.05, 3.63) is 40.9 Å². The van der Waals surface area contributed by atoms with Crippen molar-refractivity contribution in [3.8, 4) is 10.6 Å². The summed E-state index contributed by atoms with van der Waals surface area (Å²) in [5, 5.41) is 0.927. The molecule has 2 aromatic rings. The molecule has 0 bridgehead atoms. The molecule has 1 aromatic heterocycles. The molecule has 2 rings (SSSR count). The number of aryl methyl sites for hydroxylation is 1. The number of rotatable bonds is 10. The number of unbranched alkanes of at least 4 members (excludes halogenated alkanes) is 1. The van der Waals surface area contributed by atoms with Crippen LogP contribution in [-0.2, 0) is 17.8 Å². The van der Waals surface area contributed by atoms with E-state index in [1.165, 1.54) is 36.3 Å². The first-order valence-corrected chi connectivity index (χ1v) is 9.62. The zero-order chi connectivity index (χ0) is 18.1. The van der Waals surface area contributed by atoms with Gasteiger partial charge in [-0.1, -0.05) is 38.1 Å². The highest BCUT2D eigenvalue weighted by atomic mass is 32.1. The van der Waals surface area contributed by atoms with Gasteiger partial charge in [0.2, 0.25) is 0 Å². The van der Waals surface area contributed by atoms with Gasteiger partial charge in [0, 0.05) is 11.8 Å². The minimum Gasteiger partial charge on any atom is -0.444 e. The van der Waals surface area contributed by atoms with Crippen LogP contribution in [0.1, 0.15) is 37.1 Å². The Morgan fingerprint density at radius 3 is 2.56 bits per heavy atom. The number of carbonyl (C=O) groups is 1. The SMILES string of the molecule is CCN(CC)CCCCc1ccc(-c2ncc(COC(N)=O)s2)cc1. The third-order valence-electron chi connectivity index (χ3n) is 4.20. The number of benzene rings is 1. The molecule has 0 aliphatic heterocycles. The second-order valence-corrected chi connectivity index (χ2v) is 7.04. The molecule has 1 amide bonds. The quantitative estimate of drug-likeness (QED) is 0.648. The van der Waals surface area contributed by atoms with Gasteiger partial charge in [-0.05, 0) is 44.5 Å². The maximum Gasteiger partial charge on any atom is 0.404 e. The summed E-state index contributed by atoms with van der Waals surface area (Å²) in [7, 11) is 0. The first-order chi connectivity index (χ1) is 12.1. The minimum atomic E-state index is -0.764. The average Bonchev–Trinajstić information content (AvgIpc) is 3.10. The van der Waals surface area contributed by atoms with Gasteiger partial charge in [-0.25, -0.2) is 9.78 Å². The second-order valence-electron chi connectivity index (χ2n) is 5.92. The molecule has 25 heavy (non-hydrogen) atoms. The molecule has 0 fully saturated rings. The van der Waals surface area contributed by atoms with Gasteiger partial charge in [0.25, 0.3) is 0 Å². The van der Waals surface area contributed by atoms with Crippen LogP contribution >= 0.6 is 11.3 Å². The summed E-state index contributed by atoms with van der Waals surface area (Å²) in [6, 6.07) is 8.57. The van der Waals surface area contributed by atoms with Gasteiger partial charge in [-0.2, -0.15) is 0 Å². The number of nitrogens with zero attached hydrogens (tertiary/aromatic N) is 2. The highest BCUT2D eigenvalue weighted by Gasteiger charge is 2.06. The maximum absolute atomic E-state index is 10.6. The van der Waals surface area contributed by atoms with E-state index in [9.17, 15) is 4.79 Å². The summed E-state index contributed by atoms with van der Waals surface area (Å²) < 4.78 is 4.79. The molecule has 1 aromatic carbocycles. The van der Waals surface area contributed by atoms with E-state index in [2.05, 4.69) is 48.0 Å². The van der Waals surface area contributed by atoms with Gasteiger partial charge in [0.05, 0.1) is 4.88 Å². The fourth-order valence-electron chi connectivity index (χ4n) is 2.67. The van der Waals surface area contributed by atoms with E-state index in [0.717, 1.165) is 35.0 Å². The zero-order valence-corrected chi connectivity index (χ0v) is 15.8. The Balaban J connectivity index is 1.82. The van der Waals surface area contributed by atoms with Crippen molar-refractivity contribution < 1.29 is 9.53 Å². The Bertz CT molecular complexity index is 651. The smallest absolute Gasteiger partial charge is 0.404 e. The fraction of sp³-hybridized carbons (Fsp3) is 0.474. The van der Waals surface area contributed by atoms with Gasteiger partial charge in [-0.3, -0.25) is 0 Å². The summed E-state index contributed by atoms with van der Waals surface area (Å²) in [5.41, 5.74) is 7.42. The van der Waals surface area contributed by atoms with Crippen LogP contribution in [0.4, 0.5) is 4.79 Å². The van der Waals surface area contributed by atoms with Crippen LogP contribution in [0.3, 0.4) is 0 Å². The predicted molar refractivity (Wildman–Crippen MR) is 103 cm³/mol.